The summed E-state index contributed by atoms with van der Waals surface area (Å²) in [6.45, 7) is 3.80. The van der Waals surface area contributed by atoms with Gasteiger partial charge in [-0.25, -0.2) is 0 Å². The maximum Gasteiger partial charge on any atom is 0.287 e. The average molecular weight is 317 g/mol. The van der Waals surface area contributed by atoms with E-state index in [0.717, 1.165) is 11.1 Å². The van der Waals surface area contributed by atoms with Gasteiger partial charge in [-0.05, 0) is 19.9 Å². The van der Waals surface area contributed by atoms with E-state index in [9.17, 15) is 14.9 Å². The smallest absolute Gasteiger partial charge is 0.287 e. The number of nitrogens with zero attached hydrogens (tertiary/aromatic N) is 2. The molecule has 0 aliphatic rings. The third-order valence-electron chi connectivity index (χ3n) is 3.63. The quantitative estimate of drug-likeness (QED) is 0.678. The topological polar surface area (TPSA) is 86.4 Å². The molecule has 1 amide bonds. The third-order valence-corrected chi connectivity index (χ3v) is 3.63. The number of rotatable bonds is 5. The maximum atomic E-state index is 12.4. The van der Waals surface area contributed by atoms with Gasteiger partial charge in [-0.3, -0.25) is 14.9 Å². The fraction of sp³-hybridized carbons (Fsp3) is 0.312. The number of methoxy groups -OCH3 is 1. The van der Waals surface area contributed by atoms with Crippen LogP contribution in [0, 0.1) is 17.0 Å². The minimum Gasteiger partial charge on any atom is -0.496 e. The number of nitro groups is 1. The Balaban J connectivity index is 2.23. The van der Waals surface area contributed by atoms with E-state index >= 15 is 0 Å². The molecule has 0 aliphatic carbocycles. The van der Waals surface area contributed by atoms with Crippen molar-refractivity contribution in [3.8, 4) is 5.75 Å². The molecule has 1 aromatic carbocycles. The van der Waals surface area contributed by atoms with Crippen LogP contribution in [0.2, 0.25) is 0 Å². The first kappa shape index (κ1) is 16.5. The molecular weight excluding hydrogens is 298 g/mol. The van der Waals surface area contributed by atoms with Crippen LogP contribution >= 0.6 is 0 Å². The van der Waals surface area contributed by atoms with Gasteiger partial charge in [-0.15, -0.1) is 0 Å². The van der Waals surface area contributed by atoms with Crippen molar-refractivity contribution < 1.29 is 14.5 Å². The highest BCUT2D eigenvalue weighted by Crippen LogP contribution is 2.26. The molecule has 0 saturated carbocycles. The summed E-state index contributed by atoms with van der Waals surface area (Å²) in [4.78, 5) is 22.6. The van der Waals surface area contributed by atoms with E-state index in [1.54, 1.807) is 14.2 Å². The normalized spacial score (nSPS) is 11.8. The lowest BCUT2D eigenvalue weighted by Crippen LogP contribution is -2.28. The van der Waals surface area contributed by atoms with E-state index in [2.05, 4.69) is 5.32 Å². The maximum absolute atomic E-state index is 12.4. The predicted molar refractivity (Wildman–Crippen MR) is 85.7 cm³/mol. The van der Waals surface area contributed by atoms with E-state index in [0.29, 0.717) is 5.75 Å². The molecule has 0 aliphatic heterocycles. The highest BCUT2D eigenvalue weighted by molar-refractivity contribution is 5.93. The summed E-state index contributed by atoms with van der Waals surface area (Å²) >= 11 is 0. The van der Waals surface area contributed by atoms with Crippen LogP contribution in [0.15, 0.2) is 30.5 Å². The van der Waals surface area contributed by atoms with E-state index in [1.165, 1.54) is 16.8 Å². The summed E-state index contributed by atoms with van der Waals surface area (Å²) in [5, 5.41) is 13.6. The molecule has 0 saturated heterocycles. The van der Waals surface area contributed by atoms with Crippen LogP contribution in [0.5, 0.6) is 5.75 Å². The molecule has 0 radical (unpaired) electrons. The van der Waals surface area contributed by atoms with E-state index in [4.69, 9.17) is 4.74 Å². The zero-order valence-corrected chi connectivity index (χ0v) is 13.5. The number of benzene rings is 1. The van der Waals surface area contributed by atoms with Gasteiger partial charge in [-0.1, -0.05) is 17.7 Å². The molecule has 0 bridgehead atoms. The van der Waals surface area contributed by atoms with Crippen LogP contribution in [-0.4, -0.2) is 22.5 Å². The molecule has 2 aromatic rings. The Morgan fingerprint density at radius 3 is 2.65 bits per heavy atom. The molecular formula is C16H19N3O4. The van der Waals surface area contributed by atoms with Crippen LogP contribution in [-0.2, 0) is 7.05 Å². The van der Waals surface area contributed by atoms with E-state index in [-0.39, 0.29) is 23.3 Å². The van der Waals surface area contributed by atoms with Crippen molar-refractivity contribution in [2.24, 2.45) is 7.05 Å². The molecule has 1 atom stereocenters. The molecule has 1 unspecified atom stereocenters. The Morgan fingerprint density at radius 2 is 2.09 bits per heavy atom. The molecule has 0 spiro atoms. The molecule has 23 heavy (non-hydrogen) atoms. The minimum atomic E-state index is -0.524. The van der Waals surface area contributed by atoms with Crippen molar-refractivity contribution in [1.29, 1.82) is 0 Å². The first-order chi connectivity index (χ1) is 10.8. The number of carbonyl (C=O) groups excluding carboxylic acids is 1. The number of aromatic nitrogens is 1. The number of carbonyl (C=O) groups is 1. The highest BCUT2D eigenvalue weighted by Gasteiger charge is 2.20. The minimum absolute atomic E-state index is 0.113. The third kappa shape index (κ3) is 3.50. The lowest BCUT2D eigenvalue weighted by molar-refractivity contribution is -0.384. The number of amides is 1. The van der Waals surface area contributed by atoms with Crippen LogP contribution in [0.1, 0.15) is 34.6 Å². The van der Waals surface area contributed by atoms with Crippen LogP contribution in [0.4, 0.5) is 5.69 Å². The van der Waals surface area contributed by atoms with Gasteiger partial charge in [0, 0.05) is 18.7 Å². The van der Waals surface area contributed by atoms with Crippen molar-refractivity contribution >= 4 is 11.6 Å². The molecule has 7 heteroatoms. The Hall–Kier alpha value is -2.83. The van der Waals surface area contributed by atoms with Crippen molar-refractivity contribution in [3.05, 3.63) is 57.4 Å². The van der Waals surface area contributed by atoms with Crippen molar-refractivity contribution in [1.82, 2.24) is 9.88 Å². The van der Waals surface area contributed by atoms with E-state index in [1.807, 2.05) is 32.0 Å². The lowest BCUT2D eigenvalue weighted by Gasteiger charge is -2.18. The number of hydrogen-bond donors (Lipinski definition) is 1. The molecule has 2 rings (SSSR count). The fourth-order valence-electron chi connectivity index (χ4n) is 2.41. The Bertz CT molecular complexity index is 752. The Kier molecular flexibility index (Phi) is 4.68. The molecule has 1 N–H and O–H groups in total. The molecule has 1 heterocycles. The fourth-order valence-corrected chi connectivity index (χ4v) is 2.41. The molecule has 1 aromatic heterocycles. The van der Waals surface area contributed by atoms with Gasteiger partial charge in [-0.2, -0.15) is 0 Å². The van der Waals surface area contributed by atoms with E-state index < -0.39 is 4.92 Å². The van der Waals surface area contributed by atoms with Crippen molar-refractivity contribution in [2.45, 2.75) is 19.9 Å². The predicted octanol–water partition coefficient (Wildman–Crippen LogP) is 2.74. The largest absolute Gasteiger partial charge is 0.496 e. The zero-order valence-electron chi connectivity index (χ0n) is 13.5. The zero-order chi connectivity index (χ0) is 17.1. The van der Waals surface area contributed by atoms with Gasteiger partial charge >= 0.3 is 0 Å². The number of nitrogens with one attached hydrogen (secondary N) is 1. The average Bonchev–Trinajstić information content (AvgIpc) is 2.89. The molecule has 0 fully saturated rings. The number of aryl methyl sites for hydroxylation is 2. The van der Waals surface area contributed by atoms with Gasteiger partial charge in [0.2, 0.25) is 0 Å². The Morgan fingerprint density at radius 1 is 1.39 bits per heavy atom. The van der Waals surface area contributed by atoms with Crippen molar-refractivity contribution in [3.63, 3.8) is 0 Å². The monoisotopic (exact) mass is 317 g/mol. The summed E-state index contributed by atoms with van der Waals surface area (Å²) in [5.74, 6) is 0.304. The standard InChI is InChI=1S/C16H19N3O4/c1-10-5-6-15(23-4)13(7-10)11(2)17-16(20)14-8-12(19(21)22)9-18(14)3/h5-9,11H,1-4H3,(H,17,20). The summed E-state index contributed by atoms with van der Waals surface area (Å²) in [5.41, 5.74) is 2.02. The summed E-state index contributed by atoms with van der Waals surface area (Å²) in [6, 6.07) is 6.68. The van der Waals surface area contributed by atoms with Crippen LogP contribution in [0.3, 0.4) is 0 Å². The summed E-state index contributed by atoms with van der Waals surface area (Å²) in [7, 11) is 3.17. The van der Waals surface area contributed by atoms with Crippen LogP contribution < -0.4 is 10.1 Å². The number of ether oxygens (including phenoxy) is 1. The molecule has 122 valence electrons. The number of hydrogen-bond acceptors (Lipinski definition) is 4. The lowest BCUT2D eigenvalue weighted by atomic mass is 10.0. The van der Waals surface area contributed by atoms with Crippen molar-refractivity contribution in [2.75, 3.05) is 7.11 Å². The van der Waals surface area contributed by atoms with Gasteiger partial charge < -0.3 is 14.6 Å². The first-order valence-corrected chi connectivity index (χ1v) is 7.09. The van der Waals surface area contributed by atoms with Crippen LogP contribution in [0.25, 0.3) is 0 Å². The summed E-state index contributed by atoms with van der Waals surface area (Å²) < 4.78 is 6.76. The van der Waals surface area contributed by atoms with Gasteiger partial charge in [0.15, 0.2) is 0 Å². The van der Waals surface area contributed by atoms with Gasteiger partial charge in [0.25, 0.3) is 11.6 Å². The Labute approximate surface area is 134 Å². The van der Waals surface area contributed by atoms with Gasteiger partial charge in [0.1, 0.15) is 11.4 Å². The SMILES string of the molecule is COc1ccc(C)cc1C(C)NC(=O)c1cc([N+](=O)[O-])cn1C. The second-order valence-electron chi connectivity index (χ2n) is 5.39. The first-order valence-electron chi connectivity index (χ1n) is 7.09. The second kappa shape index (κ2) is 6.51. The second-order valence-corrected chi connectivity index (χ2v) is 5.39. The molecule has 7 nitrogen and oxygen atoms in total. The summed E-state index contributed by atoms with van der Waals surface area (Å²) in [6.07, 6.45) is 1.31. The highest BCUT2D eigenvalue weighted by atomic mass is 16.6. The van der Waals surface area contributed by atoms with Gasteiger partial charge in [0.05, 0.1) is 24.3 Å².